The Morgan fingerprint density at radius 1 is 0.868 bits per heavy atom. The molecule has 0 heterocycles. The Hall–Kier alpha value is -4.42. The fourth-order valence-electron chi connectivity index (χ4n) is 4.28. The maximum absolute atomic E-state index is 11.0. The van der Waals surface area contributed by atoms with Gasteiger partial charge in [0.2, 0.25) is 6.41 Å². The van der Waals surface area contributed by atoms with Gasteiger partial charge in [-0.15, -0.1) is 0 Å². The SMILES string of the molecule is Cc1ccc(-c2cccc(N)c2)cc1.N=C(N)c1cccc(CC(CO)C(Cc2ccccc2)NC=O)c1. The third kappa shape index (κ3) is 8.61. The lowest BCUT2D eigenvalue weighted by Gasteiger charge is -2.25. The number of hydrogen-bond donors (Lipinski definition) is 5. The largest absolute Gasteiger partial charge is 0.399 e. The number of benzene rings is 4. The minimum atomic E-state index is -0.170. The van der Waals surface area contributed by atoms with Crippen molar-refractivity contribution in [2.45, 2.75) is 25.8 Å². The van der Waals surface area contributed by atoms with E-state index in [-0.39, 0.29) is 24.4 Å². The van der Waals surface area contributed by atoms with Gasteiger partial charge in [0.1, 0.15) is 5.84 Å². The van der Waals surface area contributed by atoms with E-state index in [0.717, 1.165) is 16.8 Å². The molecule has 0 bridgehead atoms. The number of carbonyl (C=O) groups excluding carboxylic acids is 1. The van der Waals surface area contributed by atoms with E-state index in [4.69, 9.17) is 16.9 Å². The van der Waals surface area contributed by atoms with Crippen molar-refractivity contribution >= 4 is 17.9 Å². The molecule has 38 heavy (non-hydrogen) atoms. The summed E-state index contributed by atoms with van der Waals surface area (Å²) in [6, 6.07) is 33.5. The van der Waals surface area contributed by atoms with Crippen LogP contribution in [0.3, 0.4) is 0 Å². The van der Waals surface area contributed by atoms with Crippen LogP contribution >= 0.6 is 0 Å². The molecule has 0 aliphatic carbocycles. The number of aryl methyl sites for hydroxylation is 1. The summed E-state index contributed by atoms with van der Waals surface area (Å²) in [6.07, 6.45) is 1.93. The van der Waals surface area contributed by atoms with Gasteiger partial charge in [-0.3, -0.25) is 10.2 Å². The fourth-order valence-corrected chi connectivity index (χ4v) is 4.28. The van der Waals surface area contributed by atoms with Crippen LogP contribution in [0.4, 0.5) is 5.69 Å². The van der Waals surface area contributed by atoms with Crippen molar-refractivity contribution in [2.24, 2.45) is 11.7 Å². The molecule has 0 saturated heterocycles. The standard InChI is InChI=1S/C19H23N3O2.C13H13N/c20-19(21)16-8-4-7-15(9-16)10-17(12-23)18(22-13-24)11-14-5-2-1-3-6-14;1-10-5-7-11(8-6-10)12-3-2-4-13(14)9-12/h1-9,13,17-18,23H,10-12H2,(H3,20,21)(H,22,24);2-9H,14H2,1H3. The number of nitrogens with two attached hydrogens (primary N) is 2. The maximum atomic E-state index is 11.0. The van der Waals surface area contributed by atoms with Crippen molar-refractivity contribution in [3.05, 3.63) is 125 Å². The van der Waals surface area contributed by atoms with Gasteiger partial charge >= 0.3 is 0 Å². The highest BCUT2D eigenvalue weighted by Gasteiger charge is 2.21. The molecule has 6 nitrogen and oxygen atoms in total. The third-order valence-corrected chi connectivity index (χ3v) is 6.39. The molecule has 4 rings (SSSR count). The number of nitrogens with one attached hydrogen (secondary N) is 2. The number of amidine groups is 1. The lowest BCUT2D eigenvalue weighted by Crippen LogP contribution is -2.40. The summed E-state index contributed by atoms with van der Waals surface area (Å²) in [4.78, 5) is 11.0. The molecule has 6 heteroatoms. The second-order valence-electron chi connectivity index (χ2n) is 9.33. The van der Waals surface area contributed by atoms with Crippen LogP contribution < -0.4 is 16.8 Å². The normalized spacial score (nSPS) is 11.9. The van der Waals surface area contributed by atoms with Crippen molar-refractivity contribution in [3.63, 3.8) is 0 Å². The molecule has 0 aliphatic rings. The molecule has 2 atom stereocenters. The minimum absolute atomic E-state index is 0.0178. The number of anilines is 1. The van der Waals surface area contributed by atoms with Crippen molar-refractivity contribution in [2.75, 3.05) is 12.3 Å². The summed E-state index contributed by atoms with van der Waals surface area (Å²) in [5.41, 5.74) is 18.5. The first-order valence-electron chi connectivity index (χ1n) is 12.6. The zero-order valence-electron chi connectivity index (χ0n) is 21.7. The molecule has 0 saturated carbocycles. The molecule has 0 aromatic heterocycles. The first-order valence-corrected chi connectivity index (χ1v) is 12.6. The molecule has 4 aromatic carbocycles. The highest BCUT2D eigenvalue weighted by molar-refractivity contribution is 5.95. The molecular formula is C32H36N4O2. The second kappa shape index (κ2) is 14.4. The van der Waals surface area contributed by atoms with Gasteiger partial charge < -0.3 is 21.9 Å². The Kier molecular flexibility index (Phi) is 10.6. The summed E-state index contributed by atoms with van der Waals surface area (Å²) in [5.74, 6) is -0.109. The Labute approximate surface area is 224 Å². The lowest BCUT2D eigenvalue weighted by molar-refractivity contribution is -0.110. The van der Waals surface area contributed by atoms with E-state index >= 15 is 0 Å². The van der Waals surface area contributed by atoms with Gasteiger partial charge in [-0.25, -0.2) is 0 Å². The molecule has 0 spiro atoms. The van der Waals surface area contributed by atoms with E-state index in [0.29, 0.717) is 24.8 Å². The predicted octanol–water partition coefficient (Wildman–Crippen LogP) is 4.72. The molecule has 0 radical (unpaired) electrons. The summed E-state index contributed by atoms with van der Waals surface area (Å²) in [6.45, 7) is 2.05. The average Bonchev–Trinajstić information content (AvgIpc) is 2.93. The molecule has 196 valence electrons. The van der Waals surface area contributed by atoms with E-state index in [1.54, 1.807) is 6.07 Å². The smallest absolute Gasteiger partial charge is 0.207 e. The van der Waals surface area contributed by atoms with E-state index < -0.39 is 0 Å². The summed E-state index contributed by atoms with van der Waals surface area (Å²) in [7, 11) is 0. The first kappa shape index (κ1) is 28.2. The summed E-state index contributed by atoms with van der Waals surface area (Å²) in [5, 5.41) is 20.2. The van der Waals surface area contributed by atoms with Gasteiger partial charge in [-0.05, 0) is 60.2 Å². The molecule has 0 fully saturated rings. The molecule has 1 amide bonds. The Morgan fingerprint density at radius 3 is 2.18 bits per heavy atom. The lowest BCUT2D eigenvalue weighted by atomic mass is 9.88. The zero-order chi connectivity index (χ0) is 27.3. The fraction of sp³-hybridized carbons (Fsp3) is 0.188. The van der Waals surface area contributed by atoms with Crippen LogP contribution in [0.25, 0.3) is 11.1 Å². The molecular weight excluding hydrogens is 472 g/mol. The van der Waals surface area contributed by atoms with Crippen LogP contribution in [-0.4, -0.2) is 30.0 Å². The van der Waals surface area contributed by atoms with Crippen molar-refractivity contribution in [3.8, 4) is 11.1 Å². The molecule has 0 aliphatic heterocycles. The number of nitrogen functional groups attached to an aromatic ring is 2. The number of aliphatic hydroxyl groups excluding tert-OH is 1. The Balaban J connectivity index is 0.000000241. The average molecular weight is 509 g/mol. The van der Waals surface area contributed by atoms with Crippen LogP contribution in [-0.2, 0) is 17.6 Å². The second-order valence-corrected chi connectivity index (χ2v) is 9.33. The molecule has 4 aromatic rings. The van der Waals surface area contributed by atoms with E-state index in [2.05, 4.69) is 42.6 Å². The van der Waals surface area contributed by atoms with Gasteiger partial charge in [-0.1, -0.05) is 90.5 Å². The van der Waals surface area contributed by atoms with E-state index in [1.165, 1.54) is 16.7 Å². The van der Waals surface area contributed by atoms with E-state index in [9.17, 15) is 9.90 Å². The number of rotatable bonds is 10. The molecule has 7 N–H and O–H groups in total. The predicted molar refractivity (Wildman–Crippen MR) is 156 cm³/mol. The van der Waals surface area contributed by atoms with Crippen LogP contribution in [0.1, 0.15) is 22.3 Å². The van der Waals surface area contributed by atoms with Crippen molar-refractivity contribution < 1.29 is 9.90 Å². The topological polar surface area (TPSA) is 125 Å². The number of hydrogen-bond acceptors (Lipinski definition) is 4. The third-order valence-electron chi connectivity index (χ3n) is 6.39. The number of aliphatic hydroxyl groups is 1. The van der Waals surface area contributed by atoms with Crippen LogP contribution in [0.5, 0.6) is 0 Å². The first-order chi connectivity index (χ1) is 18.4. The zero-order valence-corrected chi connectivity index (χ0v) is 21.7. The number of carbonyl (C=O) groups is 1. The van der Waals surface area contributed by atoms with Gasteiger partial charge in [0.15, 0.2) is 0 Å². The van der Waals surface area contributed by atoms with Crippen LogP contribution in [0.15, 0.2) is 103 Å². The van der Waals surface area contributed by atoms with Crippen LogP contribution in [0, 0.1) is 18.3 Å². The highest BCUT2D eigenvalue weighted by atomic mass is 16.3. The number of amides is 1. The summed E-state index contributed by atoms with van der Waals surface area (Å²) >= 11 is 0. The van der Waals surface area contributed by atoms with E-state index in [1.807, 2.05) is 66.7 Å². The van der Waals surface area contributed by atoms with Crippen molar-refractivity contribution in [1.29, 1.82) is 5.41 Å². The molecule has 2 unspecified atom stereocenters. The van der Waals surface area contributed by atoms with Gasteiger partial charge in [0.25, 0.3) is 0 Å². The van der Waals surface area contributed by atoms with Crippen molar-refractivity contribution in [1.82, 2.24) is 5.32 Å². The van der Waals surface area contributed by atoms with Gasteiger partial charge in [0, 0.05) is 29.8 Å². The Bertz CT molecular complexity index is 1310. The maximum Gasteiger partial charge on any atom is 0.207 e. The monoisotopic (exact) mass is 508 g/mol. The van der Waals surface area contributed by atoms with Gasteiger partial charge in [0.05, 0.1) is 0 Å². The van der Waals surface area contributed by atoms with Crippen LogP contribution in [0.2, 0.25) is 0 Å². The minimum Gasteiger partial charge on any atom is -0.399 e. The van der Waals surface area contributed by atoms with Gasteiger partial charge in [-0.2, -0.15) is 0 Å². The quantitative estimate of drug-likeness (QED) is 0.0919. The summed E-state index contributed by atoms with van der Waals surface area (Å²) < 4.78 is 0. The highest BCUT2D eigenvalue weighted by Crippen LogP contribution is 2.21. The Morgan fingerprint density at radius 2 is 1.55 bits per heavy atom.